The Bertz CT molecular complexity index is 1240. The smallest absolute Gasteiger partial charge is 0.416 e. The Hall–Kier alpha value is -3.68. The van der Waals surface area contributed by atoms with Crippen molar-refractivity contribution in [1.29, 1.82) is 0 Å². The first-order valence-corrected chi connectivity index (χ1v) is 11.8. The molecule has 0 unspecified atom stereocenters. The molecule has 0 aliphatic rings. The Morgan fingerprint density at radius 1 is 1.00 bits per heavy atom. The van der Waals surface area contributed by atoms with Gasteiger partial charge in [-0.05, 0) is 66.3 Å². The van der Waals surface area contributed by atoms with Gasteiger partial charge in [0.15, 0.2) is 0 Å². The second kappa shape index (κ2) is 11.8. The number of alkyl halides is 3. The fourth-order valence-corrected chi connectivity index (χ4v) is 3.90. The molecule has 190 valence electrons. The molecule has 3 aromatic rings. The lowest BCUT2D eigenvalue weighted by molar-refractivity contribution is -0.137. The number of benzene rings is 2. The first-order valence-electron chi connectivity index (χ1n) is 11.8. The molecule has 0 bridgehead atoms. The molecule has 2 aromatic carbocycles. The van der Waals surface area contributed by atoms with Crippen molar-refractivity contribution in [2.24, 2.45) is 0 Å². The average Bonchev–Trinajstić information content (AvgIpc) is 2.84. The minimum absolute atomic E-state index is 0.0187. The van der Waals surface area contributed by atoms with Gasteiger partial charge in [-0.2, -0.15) is 13.2 Å². The van der Waals surface area contributed by atoms with E-state index in [1.807, 2.05) is 26.0 Å². The van der Waals surface area contributed by atoms with Gasteiger partial charge in [-0.15, -0.1) is 0 Å². The summed E-state index contributed by atoms with van der Waals surface area (Å²) in [6, 6.07) is 12.4. The number of rotatable bonds is 10. The van der Waals surface area contributed by atoms with Crippen LogP contribution in [-0.4, -0.2) is 23.7 Å². The number of hydrogen-bond donors (Lipinski definition) is 1. The van der Waals surface area contributed by atoms with E-state index in [1.54, 1.807) is 18.2 Å². The van der Waals surface area contributed by atoms with E-state index in [2.05, 4.69) is 10.3 Å². The van der Waals surface area contributed by atoms with E-state index in [0.717, 1.165) is 35.2 Å². The standard InChI is InChI=1S/C28H29F3N2O3/c1-4-5-20-8-9-22(28(29,30)31)15-21(20)16-23(34)10-6-19-7-11-26(18(2)14-19)36-24-12-13-33-25(17-24)27(35)32-3/h7-9,11-15,17H,4-6,10,16H2,1-3H3,(H,32,35). The number of Topliss-reactive ketones (excluding diaryl/α,β-unsaturated/α-hetero) is 1. The first-order chi connectivity index (χ1) is 17.1. The van der Waals surface area contributed by atoms with Crippen molar-refractivity contribution in [2.45, 2.75) is 52.1 Å². The molecule has 3 rings (SSSR count). The highest BCUT2D eigenvalue weighted by Crippen LogP contribution is 2.31. The summed E-state index contributed by atoms with van der Waals surface area (Å²) in [7, 11) is 1.52. The molecule has 1 aromatic heterocycles. The lowest BCUT2D eigenvalue weighted by atomic mass is 9.94. The summed E-state index contributed by atoms with van der Waals surface area (Å²) in [5.74, 6) is 0.651. The molecule has 0 spiro atoms. The molecule has 1 N–H and O–H groups in total. The molecule has 8 heteroatoms. The van der Waals surface area contributed by atoms with Gasteiger partial charge in [-0.1, -0.05) is 31.5 Å². The number of ketones is 1. The SMILES string of the molecule is CCCc1ccc(C(F)(F)F)cc1CC(=O)CCc1ccc(Oc2ccnc(C(=O)NC)c2)c(C)c1. The predicted octanol–water partition coefficient (Wildman–Crippen LogP) is 6.26. The third-order valence-electron chi connectivity index (χ3n) is 5.79. The van der Waals surface area contributed by atoms with Gasteiger partial charge in [-0.3, -0.25) is 14.6 Å². The number of amides is 1. The Morgan fingerprint density at radius 2 is 1.78 bits per heavy atom. The normalized spacial score (nSPS) is 11.3. The van der Waals surface area contributed by atoms with Crippen molar-refractivity contribution >= 4 is 11.7 Å². The number of aromatic nitrogens is 1. The van der Waals surface area contributed by atoms with Crippen molar-refractivity contribution < 1.29 is 27.5 Å². The minimum Gasteiger partial charge on any atom is -0.457 e. The first kappa shape index (κ1) is 26.9. The molecule has 0 radical (unpaired) electrons. The van der Waals surface area contributed by atoms with Crippen molar-refractivity contribution in [1.82, 2.24) is 10.3 Å². The van der Waals surface area contributed by atoms with Crippen LogP contribution < -0.4 is 10.1 Å². The van der Waals surface area contributed by atoms with E-state index in [1.165, 1.54) is 19.3 Å². The maximum atomic E-state index is 13.2. The van der Waals surface area contributed by atoms with Crippen molar-refractivity contribution in [3.8, 4) is 11.5 Å². The zero-order valence-corrected chi connectivity index (χ0v) is 20.5. The Morgan fingerprint density at radius 3 is 2.44 bits per heavy atom. The van der Waals surface area contributed by atoms with Gasteiger partial charge >= 0.3 is 6.18 Å². The Balaban J connectivity index is 1.65. The molecule has 0 saturated heterocycles. The molecule has 1 amide bonds. The molecule has 5 nitrogen and oxygen atoms in total. The highest BCUT2D eigenvalue weighted by Gasteiger charge is 2.31. The van der Waals surface area contributed by atoms with E-state index in [9.17, 15) is 22.8 Å². The van der Waals surface area contributed by atoms with Gasteiger partial charge in [0.05, 0.1) is 5.56 Å². The van der Waals surface area contributed by atoms with Gasteiger partial charge < -0.3 is 10.1 Å². The van der Waals surface area contributed by atoms with E-state index in [0.29, 0.717) is 29.9 Å². The van der Waals surface area contributed by atoms with E-state index in [-0.39, 0.29) is 30.2 Å². The molecular weight excluding hydrogens is 469 g/mol. The molecule has 0 aliphatic heterocycles. The fraction of sp³-hybridized carbons (Fsp3) is 0.321. The third-order valence-corrected chi connectivity index (χ3v) is 5.79. The average molecular weight is 499 g/mol. The molecule has 0 fully saturated rings. The van der Waals surface area contributed by atoms with Crippen molar-refractivity contribution in [3.63, 3.8) is 0 Å². The summed E-state index contributed by atoms with van der Waals surface area (Å²) in [6.45, 7) is 3.83. The molecule has 1 heterocycles. The number of pyridine rings is 1. The number of nitrogens with zero attached hydrogens (tertiary/aromatic N) is 1. The number of hydrogen-bond acceptors (Lipinski definition) is 4. The van der Waals surface area contributed by atoms with Crippen LogP contribution in [0, 0.1) is 6.92 Å². The van der Waals surface area contributed by atoms with E-state index < -0.39 is 11.7 Å². The monoisotopic (exact) mass is 498 g/mol. The van der Waals surface area contributed by atoms with Crippen LogP contribution in [0.2, 0.25) is 0 Å². The quantitative estimate of drug-likeness (QED) is 0.358. The number of nitrogens with one attached hydrogen (secondary N) is 1. The van der Waals surface area contributed by atoms with Crippen LogP contribution in [0.25, 0.3) is 0 Å². The van der Waals surface area contributed by atoms with Crippen LogP contribution in [0.3, 0.4) is 0 Å². The zero-order chi connectivity index (χ0) is 26.3. The fourth-order valence-electron chi connectivity index (χ4n) is 3.90. The second-order valence-corrected chi connectivity index (χ2v) is 8.60. The Labute approximate surface area is 208 Å². The molecule has 0 atom stereocenters. The molecular formula is C28H29F3N2O3. The molecule has 0 aliphatic carbocycles. The van der Waals surface area contributed by atoms with Gasteiger partial charge in [0.1, 0.15) is 23.0 Å². The van der Waals surface area contributed by atoms with Crippen LogP contribution >= 0.6 is 0 Å². The number of aryl methyl sites for hydroxylation is 3. The maximum absolute atomic E-state index is 13.2. The van der Waals surface area contributed by atoms with E-state index >= 15 is 0 Å². The topological polar surface area (TPSA) is 68.3 Å². The van der Waals surface area contributed by atoms with Crippen LogP contribution in [0.5, 0.6) is 11.5 Å². The molecule has 36 heavy (non-hydrogen) atoms. The van der Waals surface area contributed by atoms with Crippen LogP contribution in [-0.2, 0) is 30.2 Å². The summed E-state index contributed by atoms with van der Waals surface area (Å²) in [5.41, 5.74) is 2.52. The lowest BCUT2D eigenvalue weighted by Gasteiger charge is -2.13. The lowest BCUT2D eigenvalue weighted by Crippen LogP contribution is -2.18. The van der Waals surface area contributed by atoms with E-state index in [4.69, 9.17) is 4.74 Å². The van der Waals surface area contributed by atoms with Gasteiger partial charge in [0, 0.05) is 32.2 Å². The third kappa shape index (κ3) is 7.16. The van der Waals surface area contributed by atoms with Crippen molar-refractivity contribution in [3.05, 3.63) is 88.2 Å². The Kier molecular flexibility index (Phi) is 8.85. The second-order valence-electron chi connectivity index (χ2n) is 8.60. The molecule has 0 saturated carbocycles. The van der Waals surface area contributed by atoms with Crippen molar-refractivity contribution in [2.75, 3.05) is 7.05 Å². The zero-order valence-electron chi connectivity index (χ0n) is 20.5. The number of carbonyl (C=O) groups is 2. The number of ether oxygens (including phenoxy) is 1. The minimum atomic E-state index is -4.44. The highest BCUT2D eigenvalue weighted by atomic mass is 19.4. The van der Waals surface area contributed by atoms with Crippen LogP contribution in [0.4, 0.5) is 13.2 Å². The summed E-state index contributed by atoms with van der Waals surface area (Å²) >= 11 is 0. The summed E-state index contributed by atoms with van der Waals surface area (Å²) < 4.78 is 45.4. The van der Waals surface area contributed by atoms with Gasteiger partial charge in [0.25, 0.3) is 5.91 Å². The highest BCUT2D eigenvalue weighted by molar-refractivity contribution is 5.92. The summed E-state index contributed by atoms with van der Waals surface area (Å²) in [5, 5.41) is 2.51. The summed E-state index contributed by atoms with van der Waals surface area (Å²) in [6.07, 6.45) is -0.861. The van der Waals surface area contributed by atoms with Gasteiger partial charge in [-0.25, -0.2) is 0 Å². The van der Waals surface area contributed by atoms with Gasteiger partial charge in [0.2, 0.25) is 0 Å². The van der Waals surface area contributed by atoms with Crippen LogP contribution in [0.15, 0.2) is 54.7 Å². The number of carbonyl (C=O) groups excluding carboxylic acids is 2. The van der Waals surface area contributed by atoms with Crippen LogP contribution in [0.1, 0.15) is 58.1 Å². The summed E-state index contributed by atoms with van der Waals surface area (Å²) in [4.78, 5) is 28.5. The number of halogens is 3. The predicted molar refractivity (Wildman–Crippen MR) is 131 cm³/mol. The largest absolute Gasteiger partial charge is 0.457 e. The maximum Gasteiger partial charge on any atom is 0.416 e.